The minimum Gasteiger partial charge on any atom is -0.351 e. The fourth-order valence-corrected chi connectivity index (χ4v) is 10.1. The summed E-state index contributed by atoms with van der Waals surface area (Å²) >= 11 is 0. The van der Waals surface area contributed by atoms with Gasteiger partial charge in [-0.15, -0.1) is 0 Å². The number of aryl methyl sites for hydroxylation is 1. The summed E-state index contributed by atoms with van der Waals surface area (Å²) in [5.74, 6) is 0.959. The largest absolute Gasteiger partial charge is 0.351 e. The third-order valence-corrected chi connectivity index (χ3v) is 13.7. The molecule has 3 amide bonds. The average molecular weight is 842 g/mol. The number of aromatic nitrogens is 5. The van der Waals surface area contributed by atoms with Gasteiger partial charge in [-0.05, 0) is 105 Å². The first kappa shape index (κ1) is 40.9. The standard InChI is InChI=1S/C41H45F2N11O5S/c1-24(23-52-12-7-25(8-13-52)26-4-6-32-34(20-26)51(2)50-38(32)54-16-11-35(55)47-41(54)57)17-28-18-31(5-3-27(28)21-44)60(58,59)53-14-9-30(10-15-53)46-40-45-22-29-19-33(36(42)43)39(56)48-37(29)49-40/h3-6,18-20,22,24-25,30,36H,7-17,23H2,1-2H3,(H,47,55,57)(H2,45,46,48,49,56). The second kappa shape index (κ2) is 16.7. The number of hydrogen-bond acceptors (Lipinski definition) is 11. The number of halogens is 2. The number of H-pyrrole nitrogens is 1. The molecule has 0 radical (unpaired) electrons. The minimum absolute atomic E-state index is 0.122. The van der Waals surface area contributed by atoms with E-state index in [-0.39, 0.29) is 65.8 Å². The molecule has 1 atom stereocenters. The van der Waals surface area contributed by atoms with E-state index in [2.05, 4.69) is 60.7 Å². The maximum absolute atomic E-state index is 13.9. The van der Waals surface area contributed by atoms with Crippen LogP contribution in [-0.2, 0) is 28.3 Å². The van der Waals surface area contributed by atoms with Gasteiger partial charge in [-0.1, -0.05) is 13.0 Å². The van der Waals surface area contributed by atoms with Gasteiger partial charge in [0.1, 0.15) is 5.65 Å². The van der Waals surface area contributed by atoms with Crippen LogP contribution in [0.5, 0.6) is 0 Å². The highest BCUT2D eigenvalue weighted by Gasteiger charge is 2.32. The smallest absolute Gasteiger partial charge is 0.329 e. The molecule has 314 valence electrons. The Kier molecular flexibility index (Phi) is 11.4. The number of rotatable bonds is 11. The van der Waals surface area contributed by atoms with Crippen molar-refractivity contribution in [2.75, 3.05) is 49.5 Å². The van der Waals surface area contributed by atoms with Crippen LogP contribution in [0.2, 0.25) is 0 Å². The number of carbonyl (C=O) groups is 2. The van der Waals surface area contributed by atoms with Gasteiger partial charge in [0.25, 0.3) is 12.0 Å². The van der Waals surface area contributed by atoms with Crippen molar-refractivity contribution in [3.63, 3.8) is 0 Å². The number of hydrogen-bond donors (Lipinski definition) is 3. The molecule has 0 spiro atoms. The minimum atomic E-state index is -3.86. The molecule has 5 aromatic rings. The molecule has 8 rings (SSSR count). The van der Waals surface area contributed by atoms with Crippen molar-refractivity contribution in [1.82, 2.24) is 39.3 Å². The molecule has 3 saturated heterocycles. The first-order valence-electron chi connectivity index (χ1n) is 20.1. The van der Waals surface area contributed by atoms with Gasteiger partial charge < -0.3 is 15.2 Å². The first-order chi connectivity index (χ1) is 28.8. The third-order valence-electron chi connectivity index (χ3n) is 11.8. The number of nitrogens with one attached hydrogen (secondary N) is 3. The van der Waals surface area contributed by atoms with Gasteiger partial charge in [0.15, 0.2) is 5.82 Å². The van der Waals surface area contributed by atoms with Crippen LogP contribution in [0.1, 0.15) is 73.6 Å². The van der Waals surface area contributed by atoms with Crippen LogP contribution in [-0.4, -0.2) is 99.6 Å². The van der Waals surface area contributed by atoms with E-state index in [1.54, 1.807) is 16.8 Å². The third kappa shape index (κ3) is 8.31. The first-order valence-corrected chi connectivity index (χ1v) is 21.5. The van der Waals surface area contributed by atoms with Crippen LogP contribution in [0.15, 0.2) is 58.4 Å². The van der Waals surface area contributed by atoms with Crippen molar-refractivity contribution in [1.29, 1.82) is 5.26 Å². The highest BCUT2D eigenvalue weighted by molar-refractivity contribution is 7.89. The maximum atomic E-state index is 13.9. The molecule has 0 bridgehead atoms. The van der Waals surface area contributed by atoms with Crippen molar-refractivity contribution < 1.29 is 26.8 Å². The molecular formula is C41H45F2N11O5S. The fourth-order valence-electron chi connectivity index (χ4n) is 8.63. The fraction of sp³-hybridized carbons (Fsp3) is 0.439. The predicted octanol–water partition coefficient (Wildman–Crippen LogP) is 4.78. The predicted molar refractivity (Wildman–Crippen MR) is 219 cm³/mol. The average Bonchev–Trinajstić information content (AvgIpc) is 3.55. The number of benzene rings is 2. The Labute approximate surface area is 344 Å². The van der Waals surface area contributed by atoms with Gasteiger partial charge in [0.2, 0.25) is 21.9 Å². The zero-order chi connectivity index (χ0) is 42.3. The number of amides is 3. The number of fused-ring (bicyclic) bond motifs is 2. The van der Waals surface area contributed by atoms with Crippen LogP contribution >= 0.6 is 0 Å². The van der Waals surface area contributed by atoms with E-state index in [0.29, 0.717) is 42.1 Å². The van der Waals surface area contributed by atoms with E-state index in [0.717, 1.165) is 49.4 Å². The number of nitriles is 1. The number of imide groups is 1. The Hall–Kier alpha value is -5.84. The Morgan fingerprint density at radius 3 is 2.48 bits per heavy atom. The van der Waals surface area contributed by atoms with Gasteiger partial charge in [-0.3, -0.25) is 24.5 Å². The molecule has 3 N–H and O–H groups in total. The number of aromatic amines is 1. The summed E-state index contributed by atoms with van der Waals surface area (Å²) in [6, 6.07) is 13.7. The molecular weight excluding hydrogens is 797 g/mol. The molecule has 0 saturated carbocycles. The van der Waals surface area contributed by atoms with Crippen LogP contribution in [0.25, 0.3) is 21.9 Å². The summed E-state index contributed by atoms with van der Waals surface area (Å²) in [4.78, 5) is 51.1. The van der Waals surface area contributed by atoms with E-state index in [1.165, 1.54) is 27.0 Å². The van der Waals surface area contributed by atoms with Crippen LogP contribution in [0, 0.1) is 17.2 Å². The molecule has 3 aliphatic rings. The van der Waals surface area contributed by atoms with E-state index in [1.807, 2.05) is 13.1 Å². The highest BCUT2D eigenvalue weighted by Crippen LogP contribution is 2.34. The summed E-state index contributed by atoms with van der Waals surface area (Å²) in [7, 11) is -2.00. The summed E-state index contributed by atoms with van der Waals surface area (Å²) in [5.41, 5.74) is 1.84. The molecule has 16 nitrogen and oxygen atoms in total. The maximum Gasteiger partial charge on any atom is 0.329 e. The summed E-state index contributed by atoms with van der Waals surface area (Å²) < 4.78 is 57.2. The number of likely N-dealkylation sites (tertiary alicyclic amines) is 1. The van der Waals surface area contributed by atoms with Gasteiger partial charge in [0, 0.05) is 62.7 Å². The topological polar surface area (TPSA) is 202 Å². The second-order valence-corrected chi connectivity index (χ2v) is 17.9. The number of pyridine rings is 1. The van der Waals surface area contributed by atoms with E-state index >= 15 is 0 Å². The quantitative estimate of drug-likeness (QED) is 0.165. The zero-order valence-corrected chi connectivity index (χ0v) is 34.0. The second-order valence-electron chi connectivity index (χ2n) is 16.0. The van der Waals surface area contributed by atoms with Crippen LogP contribution in [0.3, 0.4) is 0 Å². The molecule has 3 aromatic heterocycles. The summed E-state index contributed by atoms with van der Waals surface area (Å²) in [6.45, 7) is 5.47. The van der Waals surface area contributed by atoms with Crippen molar-refractivity contribution in [3.8, 4) is 6.07 Å². The lowest BCUT2D eigenvalue weighted by molar-refractivity contribution is -0.120. The Morgan fingerprint density at radius 1 is 1.00 bits per heavy atom. The number of nitrogens with zero attached hydrogens (tertiary/aromatic N) is 8. The molecule has 2 aromatic carbocycles. The van der Waals surface area contributed by atoms with Crippen LogP contribution < -0.4 is 21.1 Å². The number of piperidine rings is 2. The number of carbonyl (C=O) groups excluding carboxylic acids is 2. The monoisotopic (exact) mass is 841 g/mol. The van der Waals surface area contributed by atoms with Gasteiger partial charge in [-0.25, -0.2) is 27.0 Å². The SMILES string of the molecule is CC(Cc1cc(S(=O)(=O)N2CCC(Nc3ncc4cc(C(F)F)c(=O)[nH]c4n3)CC2)ccc1C#N)CN1CCC(c2ccc3c(N4CCC(=O)NC4=O)nn(C)c3c2)CC1. The molecule has 1 unspecified atom stereocenters. The molecule has 3 fully saturated rings. The summed E-state index contributed by atoms with van der Waals surface area (Å²) in [6.07, 6.45) is 2.04. The van der Waals surface area contributed by atoms with Gasteiger partial charge in [0.05, 0.1) is 27.6 Å². The van der Waals surface area contributed by atoms with Crippen molar-refractivity contribution in [2.45, 2.75) is 68.7 Å². The number of anilines is 2. The molecule has 3 aliphatic heterocycles. The number of alkyl halides is 2. The lowest BCUT2D eigenvalue weighted by Crippen LogP contribution is -2.49. The van der Waals surface area contributed by atoms with Gasteiger partial charge >= 0.3 is 6.03 Å². The molecule has 19 heteroatoms. The molecule has 60 heavy (non-hydrogen) atoms. The number of sulfonamides is 1. The molecule has 6 heterocycles. The van der Waals surface area contributed by atoms with Crippen molar-refractivity contribution >= 4 is 55.7 Å². The molecule has 0 aliphatic carbocycles. The van der Waals surface area contributed by atoms with E-state index < -0.39 is 33.6 Å². The van der Waals surface area contributed by atoms with Crippen molar-refractivity contribution in [3.05, 3.63) is 81.3 Å². The van der Waals surface area contributed by atoms with E-state index in [4.69, 9.17) is 0 Å². The summed E-state index contributed by atoms with van der Waals surface area (Å²) in [5, 5.41) is 21.2. The Bertz CT molecular complexity index is 2680. The lowest BCUT2D eigenvalue weighted by Gasteiger charge is -2.34. The normalized spacial score (nSPS) is 18.3. The van der Waals surface area contributed by atoms with E-state index in [9.17, 15) is 36.8 Å². The van der Waals surface area contributed by atoms with Gasteiger partial charge in [-0.2, -0.15) is 19.6 Å². The van der Waals surface area contributed by atoms with Crippen LogP contribution in [0.4, 0.5) is 25.3 Å². The van der Waals surface area contributed by atoms with Crippen molar-refractivity contribution in [2.24, 2.45) is 13.0 Å². The highest BCUT2D eigenvalue weighted by atomic mass is 32.2. The Morgan fingerprint density at radius 2 is 1.77 bits per heavy atom. The Balaban J connectivity index is 0.853. The lowest BCUT2D eigenvalue weighted by atomic mass is 9.88. The number of urea groups is 1. The zero-order valence-electron chi connectivity index (χ0n) is 33.2.